The smallest absolute Gasteiger partial charge is 0.340 e. The van der Waals surface area contributed by atoms with Crippen molar-refractivity contribution in [1.29, 1.82) is 0 Å². The van der Waals surface area contributed by atoms with Crippen molar-refractivity contribution in [2.24, 2.45) is 0 Å². The molecule has 0 unspecified atom stereocenters. The number of halogens is 2. The number of benzene rings is 3. The Kier molecular flexibility index (Phi) is 9.42. The van der Waals surface area contributed by atoms with Gasteiger partial charge in [-0.3, -0.25) is 0 Å². The summed E-state index contributed by atoms with van der Waals surface area (Å²) in [7, 11) is 4.67. The SMILES string of the molecule is COC(=O)c1c[nH]c2cc(Cl)c(-c3ccc(C4(CO)CCC4)c(OC)c3)cc12.COc1cc(Br)ccc1C1(CO)CCC1. The maximum absolute atomic E-state index is 12.0. The van der Waals surface area contributed by atoms with Gasteiger partial charge in [-0.15, -0.1) is 0 Å². The van der Waals surface area contributed by atoms with Crippen molar-refractivity contribution in [3.63, 3.8) is 0 Å². The molecular weight excluding hydrogens is 634 g/mol. The largest absolute Gasteiger partial charge is 0.496 e. The van der Waals surface area contributed by atoms with Crippen LogP contribution in [0.25, 0.3) is 22.0 Å². The summed E-state index contributed by atoms with van der Waals surface area (Å²) in [6.45, 7) is 0.326. The quantitative estimate of drug-likeness (QED) is 0.167. The Labute approximate surface area is 265 Å². The van der Waals surface area contributed by atoms with Crippen LogP contribution in [0, 0.1) is 0 Å². The molecule has 228 valence electrons. The number of methoxy groups -OCH3 is 3. The molecule has 0 aliphatic heterocycles. The monoisotopic (exact) mass is 669 g/mol. The van der Waals surface area contributed by atoms with Gasteiger partial charge < -0.3 is 29.4 Å². The summed E-state index contributed by atoms with van der Waals surface area (Å²) >= 11 is 9.96. The number of hydrogen-bond acceptors (Lipinski definition) is 6. The molecule has 0 amide bonds. The van der Waals surface area contributed by atoms with Crippen LogP contribution in [0.15, 0.2) is 59.2 Å². The molecule has 0 spiro atoms. The molecule has 1 aromatic heterocycles. The second-order valence-electron chi connectivity index (χ2n) is 11.4. The van der Waals surface area contributed by atoms with Crippen molar-refractivity contribution in [1.82, 2.24) is 4.98 Å². The van der Waals surface area contributed by atoms with E-state index in [1.54, 1.807) is 26.5 Å². The van der Waals surface area contributed by atoms with E-state index in [1.165, 1.54) is 13.5 Å². The van der Waals surface area contributed by atoms with Gasteiger partial charge in [-0.2, -0.15) is 0 Å². The van der Waals surface area contributed by atoms with Crippen molar-refractivity contribution in [2.75, 3.05) is 34.5 Å². The molecule has 0 atom stereocenters. The van der Waals surface area contributed by atoms with Crippen molar-refractivity contribution in [3.05, 3.63) is 80.9 Å². The molecule has 0 saturated heterocycles. The molecule has 0 bridgehead atoms. The molecule has 9 heteroatoms. The van der Waals surface area contributed by atoms with Gasteiger partial charge in [0.2, 0.25) is 0 Å². The second kappa shape index (κ2) is 12.9. The predicted molar refractivity (Wildman–Crippen MR) is 173 cm³/mol. The van der Waals surface area contributed by atoms with Gasteiger partial charge in [-0.1, -0.05) is 58.6 Å². The van der Waals surface area contributed by atoms with E-state index < -0.39 is 5.97 Å². The standard InChI is InChI=1S/C22H22ClNO4.C12H15BrO2/c1-27-20-8-13(4-5-17(20)22(12-25)6-3-7-22)14-9-15-16(21(26)28-2)11-24-19(15)10-18(14)23;1-15-11-7-9(13)3-4-10(11)12(8-14)5-2-6-12/h4-5,8-11,24-25H,3,6-7,12H2,1-2H3;3-4,7,14H,2,5-6,8H2,1H3. The Morgan fingerprint density at radius 1 is 0.884 bits per heavy atom. The number of fused-ring (bicyclic) bond motifs is 1. The van der Waals surface area contributed by atoms with Crippen LogP contribution >= 0.6 is 27.5 Å². The van der Waals surface area contributed by atoms with E-state index in [9.17, 15) is 15.0 Å². The van der Waals surface area contributed by atoms with E-state index in [4.69, 9.17) is 25.8 Å². The lowest BCUT2D eigenvalue weighted by molar-refractivity contribution is 0.0603. The molecule has 2 saturated carbocycles. The molecular formula is C34H37BrClNO6. The number of carbonyl (C=O) groups excluding carboxylic acids is 1. The number of aliphatic hydroxyl groups is 2. The zero-order chi connectivity index (χ0) is 30.8. The minimum atomic E-state index is -0.401. The Balaban J connectivity index is 0.000000207. The molecule has 2 aliphatic carbocycles. The number of carbonyl (C=O) groups is 1. The lowest BCUT2D eigenvalue weighted by atomic mass is 9.64. The highest BCUT2D eigenvalue weighted by Crippen LogP contribution is 2.49. The van der Waals surface area contributed by atoms with Gasteiger partial charge in [0, 0.05) is 49.1 Å². The third kappa shape index (κ3) is 5.78. The van der Waals surface area contributed by atoms with Gasteiger partial charge in [-0.25, -0.2) is 4.79 Å². The highest BCUT2D eigenvalue weighted by atomic mass is 79.9. The van der Waals surface area contributed by atoms with Crippen LogP contribution in [0.3, 0.4) is 0 Å². The maximum atomic E-state index is 12.0. The lowest BCUT2D eigenvalue weighted by Crippen LogP contribution is -2.38. The van der Waals surface area contributed by atoms with E-state index in [0.29, 0.717) is 10.6 Å². The number of hydrogen-bond donors (Lipinski definition) is 3. The van der Waals surface area contributed by atoms with Crippen LogP contribution in [0.1, 0.15) is 60.0 Å². The number of aromatic amines is 1. The summed E-state index contributed by atoms with van der Waals surface area (Å²) in [5.41, 5.74) is 4.83. The third-order valence-corrected chi connectivity index (χ3v) is 10.0. The minimum absolute atomic E-state index is 0.0496. The topological polar surface area (TPSA) is 101 Å². The molecule has 0 radical (unpaired) electrons. The van der Waals surface area contributed by atoms with Gasteiger partial charge in [0.05, 0.1) is 45.1 Å². The van der Waals surface area contributed by atoms with E-state index in [0.717, 1.165) is 81.2 Å². The van der Waals surface area contributed by atoms with E-state index in [2.05, 4.69) is 27.0 Å². The summed E-state index contributed by atoms with van der Waals surface area (Å²) in [6, 6.07) is 15.7. The van der Waals surface area contributed by atoms with Crippen molar-refractivity contribution in [3.8, 4) is 22.6 Å². The predicted octanol–water partition coefficient (Wildman–Crippen LogP) is 7.57. The number of esters is 1. The average molecular weight is 671 g/mol. The van der Waals surface area contributed by atoms with E-state index >= 15 is 0 Å². The van der Waals surface area contributed by atoms with Gasteiger partial charge in [0.1, 0.15) is 11.5 Å². The molecule has 3 aromatic carbocycles. The second-order valence-corrected chi connectivity index (χ2v) is 12.7. The zero-order valence-electron chi connectivity index (χ0n) is 24.6. The Hall–Kier alpha value is -3.04. The van der Waals surface area contributed by atoms with Crippen LogP contribution in [0.2, 0.25) is 5.02 Å². The third-order valence-electron chi connectivity index (χ3n) is 9.22. The lowest BCUT2D eigenvalue weighted by Gasteiger charge is -2.41. The zero-order valence-corrected chi connectivity index (χ0v) is 27.0. The first-order valence-corrected chi connectivity index (χ1v) is 15.6. The minimum Gasteiger partial charge on any atom is -0.496 e. The Bertz CT molecular complexity index is 1610. The summed E-state index contributed by atoms with van der Waals surface area (Å²) < 4.78 is 16.9. The first-order chi connectivity index (χ1) is 20.7. The van der Waals surface area contributed by atoms with E-state index in [-0.39, 0.29) is 24.0 Å². The van der Waals surface area contributed by atoms with Crippen molar-refractivity contribution < 1.29 is 29.2 Å². The summed E-state index contributed by atoms with van der Waals surface area (Å²) in [5, 5.41) is 20.7. The Morgan fingerprint density at radius 3 is 1.98 bits per heavy atom. The van der Waals surface area contributed by atoms with Crippen LogP contribution in [0.4, 0.5) is 0 Å². The summed E-state index contributed by atoms with van der Waals surface area (Å²) in [6.07, 6.45) is 7.96. The van der Waals surface area contributed by atoms with Gasteiger partial charge in [0.15, 0.2) is 0 Å². The molecule has 2 fully saturated rings. The fourth-order valence-corrected chi connectivity index (χ4v) is 6.89. The van der Waals surface area contributed by atoms with Gasteiger partial charge in [0.25, 0.3) is 0 Å². The molecule has 3 N–H and O–H groups in total. The number of ether oxygens (including phenoxy) is 3. The van der Waals surface area contributed by atoms with Crippen LogP contribution < -0.4 is 9.47 Å². The molecule has 1 heterocycles. The molecule has 7 nitrogen and oxygen atoms in total. The van der Waals surface area contributed by atoms with Crippen LogP contribution in [-0.4, -0.2) is 55.7 Å². The first kappa shape index (κ1) is 31.4. The van der Waals surface area contributed by atoms with E-state index in [1.807, 2.05) is 36.4 Å². The number of H-pyrrole nitrogens is 1. The van der Waals surface area contributed by atoms with Gasteiger partial charge in [-0.05, 0) is 61.6 Å². The number of nitrogens with one attached hydrogen (secondary N) is 1. The number of rotatable bonds is 8. The first-order valence-electron chi connectivity index (χ1n) is 14.4. The molecule has 4 aromatic rings. The van der Waals surface area contributed by atoms with Crippen molar-refractivity contribution >= 4 is 44.4 Å². The molecule has 43 heavy (non-hydrogen) atoms. The van der Waals surface area contributed by atoms with Crippen LogP contribution in [0.5, 0.6) is 11.5 Å². The molecule has 6 rings (SSSR count). The van der Waals surface area contributed by atoms with Crippen molar-refractivity contribution in [2.45, 2.75) is 49.4 Å². The fourth-order valence-electron chi connectivity index (χ4n) is 6.28. The van der Waals surface area contributed by atoms with Gasteiger partial charge >= 0.3 is 5.97 Å². The maximum Gasteiger partial charge on any atom is 0.340 e. The fraction of sp³-hybridized carbons (Fsp3) is 0.382. The molecule has 2 aliphatic rings. The number of aromatic nitrogens is 1. The Morgan fingerprint density at radius 2 is 1.47 bits per heavy atom. The summed E-state index contributed by atoms with van der Waals surface area (Å²) in [4.78, 5) is 15.1. The highest BCUT2D eigenvalue weighted by molar-refractivity contribution is 9.10. The number of aliphatic hydroxyl groups excluding tert-OH is 2. The normalized spacial score (nSPS) is 16.3. The highest BCUT2D eigenvalue weighted by Gasteiger charge is 2.41. The summed E-state index contributed by atoms with van der Waals surface area (Å²) in [5.74, 6) is 1.21. The van der Waals surface area contributed by atoms with Crippen LogP contribution in [-0.2, 0) is 15.6 Å². The average Bonchev–Trinajstić information content (AvgIpc) is 3.39.